The lowest BCUT2D eigenvalue weighted by Gasteiger charge is -2.32. The molecule has 0 spiro atoms. The molecule has 0 saturated carbocycles. The number of benzene rings is 2. The minimum Gasteiger partial charge on any atom is -0.468 e. The largest absolute Gasteiger partial charge is 0.468 e. The molecular weight excluding hydrogens is 464 g/mol. The highest BCUT2D eigenvalue weighted by molar-refractivity contribution is 9.10. The van der Waals surface area contributed by atoms with Crippen LogP contribution in [0.4, 0.5) is 11.4 Å². The van der Waals surface area contributed by atoms with E-state index in [-0.39, 0.29) is 18.5 Å². The minimum atomic E-state index is -0.844. The fourth-order valence-corrected chi connectivity index (χ4v) is 5.07. The van der Waals surface area contributed by atoms with E-state index in [9.17, 15) is 9.59 Å². The Labute approximate surface area is 187 Å². The summed E-state index contributed by atoms with van der Waals surface area (Å²) in [6.07, 6.45) is 0.551. The van der Waals surface area contributed by atoms with Crippen LogP contribution in [0.3, 0.4) is 0 Å². The summed E-state index contributed by atoms with van der Waals surface area (Å²) in [5.74, 6) is -0.500. The zero-order valence-corrected chi connectivity index (χ0v) is 18.6. The van der Waals surface area contributed by atoms with Gasteiger partial charge in [0, 0.05) is 15.7 Å². The average Bonchev–Trinajstić information content (AvgIpc) is 3.13. The smallest absolute Gasteiger partial charge is 0.316 e. The molecule has 0 fully saturated rings. The second kappa shape index (κ2) is 7.60. The maximum atomic E-state index is 13.7. The van der Waals surface area contributed by atoms with Crippen LogP contribution >= 0.6 is 15.9 Å². The summed E-state index contributed by atoms with van der Waals surface area (Å²) in [4.78, 5) is 26.2. The number of ketones is 1. The van der Waals surface area contributed by atoms with Crippen LogP contribution in [0.5, 0.6) is 11.5 Å². The number of Topliss-reactive ketones (excluding diaryl/α,β-unsaturated/α-hetero) is 1. The van der Waals surface area contributed by atoms with Crippen molar-refractivity contribution in [1.82, 2.24) is 0 Å². The first-order valence-electron chi connectivity index (χ1n) is 10.0. The van der Waals surface area contributed by atoms with Gasteiger partial charge in [0.05, 0.1) is 24.5 Å². The van der Waals surface area contributed by atoms with Gasteiger partial charge < -0.3 is 24.8 Å². The lowest BCUT2D eigenvalue weighted by molar-refractivity contribution is -0.151. The second-order valence-corrected chi connectivity index (χ2v) is 8.77. The van der Waals surface area contributed by atoms with Crippen molar-refractivity contribution < 1.29 is 23.8 Å². The monoisotopic (exact) mass is 484 g/mol. The molecule has 0 unspecified atom stereocenters. The topological polar surface area (TPSA) is 85.9 Å². The molecule has 0 bridgehead atoms. The summed E-state index contributed by atoms with van der Waals surface area (Å²) < 4.78 is 16.8. The summed E-state index contributed by atoms with van der Waals surface area (Å²) in [7, 11) is 1.32. The van der Waals surface area contributed by atoms with Crippen molar-refractivity contribution in [3.63, 3.8) is 0 Å². The number of carbonyl (C=O) groups is 2. The first-order chi connectivity index (χ1) is 15.0. The average molecular weight is 485 g/mol. The summed E-state index contributed by atoms with van der Waals surface area (Å²) in [5.41, 5.74) is 3.91. The molecule has 0 aromatic heterocycles. The van der Waals surface area contributed by atoms with Gasteiger partial charge >= 0.3 is 5.97 Å². The first kappa shape index (κ1) is 19.9. The van der Waals surface area contributed by atoms with E-state index in [0.717, 1.165) is 27.1 Å². The van der Waals surface area contributed by atoms with Crippen LogP contribution in [0, 0.1) is 11.8 Å². The Hall–Kier alpha value is -3.00. The number of carbonyl (C=O) groups excluding carboxylic acids is 2. The van der Waals surface area contributed by atoms with Gasteiger partial charge in [-0.1, -0.05) is 35.0 Å². The van der Waals surface area contributed by atoms with E-state index in [1.54, 1.807) is 0 Å². The zero-order chi connectivity index (χ0) is 21.7. The molecule has 2 aromatic carbocycles. The maximum Gasteiger partial charge on any atom is 0.316 e. The Morgan fingerprint density at radius 1 is 1.16 bits per heavy atom. The van der Waals surface area contributed by atoms with Crippen molar-refractivity contribution >= 4 is 39.1 Å². The lowest BCUT2D eigenvalue weighted by atomic mass is 9.75. The molecule has 8 heteroatoms. The highest BCUT2D eigenvalue weighted by Crippen LogP contribution is 2.47. The lowest BCUT2D eigenvalue weighted by Crippen LogP contribution is -2.39. The number of allylic oxidation sites excluding steroid dienone is 1. The van der Waals surface area contributed by atoms with E-state index in [1.165, 1.54) is 7.11 Å². The Bertz CT molecular complexity index is 1130. The number of ether oxygens (including phenoxy) is 3. The third kappa shape index (κ3) is 3.26. The molecule has 0 amide bonds. The zero-order valence-electron chi connectivity index (χ0n) is 17.0. The highest BCUT2D eigenvalue weighted by Gasteiger charge is 2.44. The molecule has 7 nitrogen and oxygen atoms in total. The van der Waals surface area contributed by atoms with E-state index < -0.39 is 17.9 Å². The number of anilines is 2. The van der Waals surface area contributed by atoms with Gasteiger partial charge in [0.2, 0.25) is 6.79 Å². The molecule has 0 radical (unpaired) electrons. The molecule has 1 aliphatic carbocycles. The number of methoxy groups -OCH3 is 1. The SMILES string of the molecule is COC(=O)[C@@H]1C(=O)C2=C(C[C@H]1C)Nc1ccccc1N[C@H]2c1cc2c(cc1Br)OCO2. The van der Waals surface area contributed by atoms with Crippen LogP contribution in [-0.2, 0) is 14.3 Å². The fraction of sp³-hybridized carbons (Fsp3) is 0.304. The number of hydrogen-bond donors (Lipinski definition) is 2. The molecule has 2 aliphatic heterocycles. The highest BCUT2D eigenvalue weighted by atomic mass is 79.9. The summed E-state index contributed by atoms with van der Waals surface area (Å²) in [6.45, 7) is 2.06. The van der Waals surface area contributed by atoms with Crippen LogP contribution in [0.1, 0.15) is 24.9 Å². The molecule has 0 saturated heterocycles. The van der Waals surface area contributed by atoms with Gasteiger partial charge in [-0.3, -0.25) is 9.59 Å². The third-order valence-corrected chi connectivity index (χ3v) is 6.71. The van der Waals surface area contributed by atoms with E-state index in [1.807, 2.05) is 43.3 Å². The predicted octanol–water partition coefficient (Wildman–Crippen LogP) is 4.41. The van der Waals surface area contributed by atoms with Gasteiger partial charge in [-0.15, -0.1) is 0 Å². The van der Waals surface area contributed by atoms with Gasteiger partial charge in [-0.2, -0.15) is 0 Å². The fourth-order valence-electron chi connectivity index (χ4n) is 4.52. The number of fused-ring (bicyclic) bond motifs is 2. The molecule has 2 N–H and O–H groups in total. The molecule has 2 heterocycles. The minimum absolute atomic E-state index is 0.155. The van der Waals surface area contributed by atoms with Crippen LogP contribution in [0.25, 0.3) is 0 Å². The maximum absolute atomic E-state index is 13.7. The van der Waals surface area contributed by atoms with Gasteiger partial charge in [-0.05, 0) is 42.2 Å². The molecule has 3 aliphatic rings. The van der Waals surface area contributed by atoms with Crippen molar-refractivity contribution in [2.45, 2.75) is 19.4 Å². The summed E-state index contributed by atoms with van der Waals surface area (Å²) >= 11 is 3.64. The van der Waals surface area contributed by atoms with Crippen molar-refractivity contribution in [1.29, 1.82) is 0 Å². The standard InChI is InChI=1S/C23H21BrN2O5/c1-11-7-16-20(22(27)19(11)23(28)29-2)21(26-15-6-4-3-5-14(15)25-16)12-8-17-18(9-13(12)24)31-10-30-17/h3-6,8-9,11,19,21,25-26H,7,10H2,1-2H3/t11-,19+,21+/m1/s1. The molecular formula is C23H21BrN2O5. The van der Waals surface area contributed by atoms with Crippen LogP contribution < -0.4 is 20.1 Å². The molecule has 2 aromatic rings. The first-order valence-corrected chi connectivity index (χ1v) is 10.8. The van der Waals surface area contributed by atoms with Gasteiger partial charge in [0.1, 0.15) is 5.92 Å². The summed E-state index contributed by atoms with van der Waals surface area (Å²) in [5, 5.41) is 6.95. The second-order valence-electron chi connectivity index (χ2n) is 7.91. The number of hydrogen-bond acceptors (Lipinski definition) is 7. The van der Waals surface area contributed by atoms with E-state index in [0.29, 0.717) is 23.5 Å². The van der Waals surface area contributed by atoms with Crippen molar-refractivity contribution in [3.8, 4) is 11.5 Å². The van der Waals surface area contributed by atoms with E-state index >= 15 is 0 Å². The number of para-hydroxylation sites is 2. The number of nitrogens with one attached hydrogen (secondary N) is 2. The number of halogens is 1. The van der Waals surface area contributed by atoms with Gasteiger partial charge in [0.15, 0.2) is 17.3 Å². The Morgan fingerprint density at radius 2 is 1.87 bits per heavy atom. The molecule has 5 rings (SSSR count). The molecule has 31 heavy (non-hydrogen) atoms. The Morgan fingerprint density at radius 3 is 2.61 bits per heavy atom. The van der Waals surface area contributed by atoms with Crippen molar-refractivity contribution in [2.24, 2.45) is 11.8 Å². The predicted molar refractivity (Wildman–Crippen MR) is 118 cm³/mol. The van der Waals surface area contributed by atoms with Gasteiger partial charge in [-0.25, -0.2) is 0 Å². The number of esters is 1. The van der Waals surface area contributed by atoms with Crippen molar-refractivity contribution in [3.05, 3.63) is 57.7 Å². The normalized spacial score (nSPS) is 23.8. The van der Waals surface area contributed by atoms with Crippen LogP contribution in [0.2, 0.25) is 0 Å². The molecule has 3 atom stereocenters. The van der Waals surface area contributed by atoms with Crippen LogP contribution in [0.15, 0.2) is 52.1 Å². The summed E-state index contributed by atoms with van der Waals surface area (Å²) in [6, 6.07) is 11.0. The van der Waals surface area contributed by atoms with Crippen molar-refractivity contribution in [2.75, 3.05) is 24.5 Å². The Kier molecular flexibility index (Phi) is 4.89. The molecule has 160 valence electrons. The quantitative estimate of drug-likeness (QED) is 0.482. The number of rotatable bonds is 2. The van der Waals surface area contributed by atoms with Crippen LogP contribution in [-0.4, -0.2) is 25.7 Å². The van der Waals surface area contributed by atoms with E-state index in [4.69, 9.17) is 14.2 Å². The van der Waals surface area contributed by atoms with Gasteiger partial charge in [0.25, 0.3) is 0 Å². The third-order valence-electron chi connectivity index (χ3n) is 6.03. The van der Waals surface area contributed by atoms with E-state index in [2.05, 4.69) is 26.6 Å². The Balaban J connectivity index is 1.69.